The minimum absolute atomic E-state index is 0.0153. The van der Waals surface area contributed by atoms with E-state index >= 15 is 0 Å². The average molecular weight is 253 g/mol. The number of likely N-dealkylation sites (tertiary alicyclic amines) is 1. The summed E-state index contributed by atoms with van der Waals surface area (Å²) in [7, 11) is 1.66. The van der Waals surface area contributed by atoms with Crippen molar-refractivity contribution in [2.75, 3.05) is 20.1 Å². The first-order chi connectivity index (χ1) is 8.63. The highest BCUT2D eigenvalue weighted by Crippen LogP contribution is 2.27. The molecule has 1 saturated heterocycles. The van der Waals surface area contributed by atoms with Gasteiger partial charge in [0, 0.05) is 32.1 Å². The van der Waals surface area contributed by atoms with Crippen molar-refractivity contribution < 1.29 is 9.59 Å². The fourth-order valence-electron chi connectivity index (χ4n) is 3.10. The molecule has 0 aromatic heterocycles. The summed E-state index contributed by atoms with van der Waals surface area (Å²) in [4.78, 5) is 25.7. The van der Waals surface area contributed by atoms with E-state index in [1.165, 1.54) is 0 Å². The van der Waals surface area contributed by atoms with Gasteiger partial charge in [-0.2, -0.15) is 0 Å². The van der Waals surface area contributed by atoms with Crippen molar-refractivity contribution in [2.45, 2.75) is 38.1 Å². The van der Waals surface area contributed by atoms with Gasteiger partial charge in [0.05, 0.1) is 5.92 Å². The lowest BCUT2D eigenvalue weighted by molar-refractivity contribution is -0.139. The second kappa shape index (κ2) is 5.69. The maximum atomic E-state index is 12.3. The van der Waals surface area contributed by atoms with Gasteiger partial charge in [0.25, 0.3) is 0 Å². The summed E-state index contributed by atoms with van der Waals surface area (Å²) in [5.74, 6) is 0.382. The van der Waals surface area contributed by atoms with Gasteiger partial charge in [0.1, 0.15) is 0 Å². The molecule has 1 saturated carbocycles. The molecule has 0 aromatic carbocycles. The summed E-state index contributed by atoms with van der Waals surface area (Å²) in [6, 6.07) is 0.0363. The van der Waals surface area contributed by atoms with Crippen molar-refractivity contribution in [1.82, 2.24) is 10.2 Å². The minimum atomic E-state index is 0.0153. The summed E-state index contributed by atoms with van der Waals surface area (Å²) in [5, 5.41) is 2.68. The Morgan fingerprint density at radius 1 is 1.17 bits per heavy atom. The second-order valence-electron chi connectivity index (χ2n) is 5.42. The fourth-order valence-corrected chi connectivity index (χ4v) is 3.10. The zero-order chi connectivity index (χ0) is 13.1. The Morgan fingerprint density at radius 3 is 2.33 bits per heavy atom. The molecule has 1 heterocycles. The van der Waals surface area contributed by atoms with Crippen LogP contribution in [0.15, 0.2) is 0 Å². The average Bonchev–Trinajstić information content (AvgIpc) is 2.83. The number of nitrogens with two attached hydrogens (primary N) is 1. The molecule has 5 heteroatoms. The maximum Gasteiger partial charge on any atom is 0.227 e. The van der Waals surface area contributed by atoms with Crippen LogP contribution in [0, 0.1) is 11.8 Å². The molecule has 2 unspecified atom stereocenters. The molecular formula is C13H23N3O2. The molecule has 5 nitrogen and oxygen atoms in total. The van der Waals surface area contributed by atoms with Crippen molar-refractivity contribution in [2.24, 2.45) is 17.6 Å². The molecular weight excluding hydrogens is 230 g/mol. The van der Waals surface area contributed by atoms with E-state index in [4.69, 9.17) is 5.73 Å². The summed E-state index contributed by atoms with van der Waals surface area (Å²) in [5.41, 5.74) is 5.97. The van der Waals surface area contributed by atoms with Crippen molar-refractivity contribution >= 4 is 11.8 Å². The number of rotatable bonds is 2. The van der Waals surface area contributed by atoms with Crippen LogP contribution in [0.1, 0.15) is 32.1 Å². The molecule has 18 heavy (non-hydrogen) atoms. The van der Waals surface area contributed by atoms with E-state index in [2.05, 4.69) is 5.32 Å². The van der Waals surface area contributed by atoms with Gasteiger partial charge in [-0.25, -0.2) is 0 Å². The first-order valence-corrected chi connectivity index (χ1v) is 6.89. The van der Waals surface area contributed by atoms with Gasteiger partial charge < -0.3 is 16.0 Å². The summed E-state index contributed by atoms with van der Waals surface area (Å²) >= 11 is 0. The molecule has 0 aromatic rings. The molecule has 2 atom stereocenters. The van der Waals surface area contributed by atoms with Crippen LogP contribution in [0.3, 0.4) is 0 Å². The fraction of sp³-hybridized carbons (Fsp3) is 0.846. The van der Waals surface area contributed by atoms with Gasteiger partial charge in [-0.05, 0) is 25.7 Å². The molecule has 1 aliphatic carbocycles. The lowest BCUT2D eigenvalue weighted by Gasteiger charge is -2.33. The summed E-state index contributed by atoms with van der Waals surface area (Å²) in [6.45, 7) is 1.39. The van der Waals surface area contributed by atoms with Crippen LogP contribution in [0.5, 0.6) is 0 Å². The Bertz CT molecular complexity index is 324. The van der Waals surface area contributed by atoms with Crippen LogP contribution in [0.4, 0.5) is 0 Å². The highest BCUT2D eigenvalue weighted by Gasteiger charge is 2.35. The third-order valence-corrected chi connectivity index (χ3v) is 4.31. The lowest BCUT2D eigenvalue weighted by atomic mass is 9.94. The Labute approximate surface area is 108 Å². The number of nitrogens with zero attached hydrogens (tertiary/aromatic N) is 1. The number of hydrogen-bond acceptors (Lipinski definition) is 3. The quantitative estimate of drug-likeness (QED) is 0.733. The van der Waals surface area contributed by atoms with Gasteiger partial charge in [0.15, 0.2) is 0 Å². The molecule has 0 spiro atoms. The number of carbonyl (C=O) groups is 2. The number of carbonyl (C=O) groups excluding carboxylic acids is 2. The first-order valence-electron chi connectivity index (χ1n) is 6.89. The molecule has 2 aliphatic rings. The van der Waals surface area contributed by atoms with E-state index in [1.807, 2.05) is 4.90 Å². The Kier molecular flexibility index (Phi) is 4.22. The van der Waals surface area contributed by atoms with Gasteiger partial charge in [-0.1, -0.05) is 6.42 Å². The monoisotopic (exact) mass is 253 g/mol. The van der Waals surface area contributed by atoms with E-state index in [0.717, 1.165) is 32.1 Å². The van der Waals surface area contributed by atoms with Crippen molar-refractivity contribution in [1.29, 1.82) is 0 Å². The molecule has 0 radical (unpaired) electrons. The van der Waals surface area contributed by atoms with Gasteiger partial charge in [0.2, 0.25) is 11.8 Å². The highest BCUT2D eigenvalue weighted by atomic mass is 16.2. The summed E-state index contributed by atoms with van der Waals surface area (Å²) < 4.78 is 0. The van der Waals surface area contributed by atoms with E-state index < -0.39 is 0 Å². The molecule has 1 aliphatic heterocycles. The number of piperidine rings is 1. The molecule has 2 rings (SSSR count). The number of hydrogen-bond donors (Lipinski definition) is 2. The van der Waals surface area contributed by atoms with Gasteiger partial charge >= 0.3 is 0 Å². The normalized spacial score (nSPS) is 29.3. The smallest absolute Gasteiger partial charge is 0.227 e. The van der Waals surface area contributed by atoms with Gasteiger partial charge in [-0.3, -0.25) is 9.59 Å². The largest absolute Gasteiger partial charge is 0.359 e. The third kappa shape index (κ3) is 2.66. The van der Waals surface area contributed by atoms with Gasteiger partial charge in [-0.15, -0.1) is 0 Å². The van der Waals surface area contributed by atoms with Crippen molar-refractivity contribution in [3.8, 4) is 0 Å². The Morgan fingerprint density at radius 2 is 1.83 bits per heavy atom. The number of amides is 2. The zero-order valence-corrected chi connectivity index (χ0v) is 11.0. The highest BCUT2D eigenvalue weighted by molar-refractivity contribution is 5.81. The lowest BCUT2D eigenvalue weighted by Crippen LogP contribution is -2.47. The third-order valence-electron chi connectivity index (χ3n) is 4.31. The van der Waals surface area contributed by atoms with Crippen molar-refractivity contribution in [3.05, 3.63) is 0 Å². The SMILES string of the molecule is CNC(=O)C1CCN(C(=O)C2CCCC2N)CC1. The van der Waals surface area contributed by atoms with Crippen molar-refractivity contribution in [3.63, 3.8) is 0 Å². The molecule has 2 fully saturated rings. The first kappa shape index (κ1) is 13.3. The second-order valence-corrected chi connectivity index (χ2v) is 5.42. The zero-order valence-electron chi connectivity index (χ0n) is 11.0. The molecule has 0 bridgehead atoms. The van der Waals surface area contributed by atoms with Crippen LogP contribution in [-0.2, 0) is 9.59 Å². The van der Waals surface area contributed by atoms with Crippen LogP contribution in [-0.4, -0.2) is 42.9 Å². The van der Waals surface area contributed by atoms with Crippen LogP contribution in [0.2, 0.25) is 0 Å². The van der Waals surface area contributed by atoms with E-state index in [1.54, 1.807) is 7.05 Å². The summed E-state index contributed by atoms with van der Waals surface area (Å²) in [6.07, 6.45) is 4.49. The topological polar surface area (TPSA) is 75.4 Å². The predicted molar refractivity (Wildman–Crippen MR) is 68.7 cm³/mol. The molecule has 2 amide bonds. The van der Waals surface area contributed by atoms with E-state index in [0.29, 0.717) is 13.1 Å². The minimum Gasteiger partial charge on any atom is -0.359 e. The van der Waals surface area contributed by atoms with E-state index in [9.17, 15) is 9.59 Å². The van der Waals surface area contributed by atoms with Crippen LogP contribution < -0.4 is 11.1 Å². The standard InChI is InChI=1S/C13H23N3O2/c1-15-12(17)9-5-7-16(8-6-9)13(18)10-3-2-4-11(10)14/h9-11H,2-8,14H2,1H3,(H,15,17). The van der Waals surface area contributed by atoms with E-state index in [-0.39, 0.29) is 29.7 Å². The Hall–Kier alpha value is -1.10. The molecule has 3 N–H and O–H groups in total. The van der Waals surface area contributed by atoms with Crippen LogP contribution in [0.25, 0.3) is 0 Å². The maximum absolute atomic E-state index is 12.3. The predicted octanol–water partition coefficient (Wildman–Crippen LogP) is 0.0984. The molecule has 102 valence electrons. The van der Waals surface area contributed by atoms with Crippen LogP contribution >= 0.6 is 0 Å². The Balaban J connectivity index is 1.86. The number of nitrogens with one attached hydrogen (secondary N) is 1.